The molecule has 0 radical (unpaired) electrons. The van der Waals surface area contributed by atoms with E-state index in [4.69, 9.17) is 5.73 Å². The summed E-state index contributed by atoms with van der Waals surface area (Å²) in [7, 11) is 0. The monoisotopic (exact) mass is 360 g/mol. The first-order valence-electron chi connectivity index (χ1n) is 9.40. The lowest BCUT2D eigenvalue weighted by molar-refractivity contribution is 0.0619. The van der Waals surface area contributed by atoms with Crippen LogP contribution in [0, 0.1) is 0 Å². The van der Waals surface area contributed by atoms with E-state index >= 15 is 0 Å². The number of carbonyl (C=O) groups excluding carboxylic acids is 1. The quantitative estimate of drug-likeness (QED) is 0.778. The average Bonchev–Trinajstić information content (AvgIpc) is 3.18. The van der Waals surface area contributed by atoms with Crippen LogP contribution in [0.5, 0.6) is 0 Å². The van der Waals surface area contributed by atoms with E-state index in [9.17, 15) is 4.79 Å². The molecule has 0 saturated carbocycles. The number of aromatic nitrogens is 2. The second-order valence-corrected chi connectivity index (χ2v) is 7.18. The van der Waals surface area contributed by atoms with Gasteiger partial charge in [0.1, 0.15) is 0 Å². The van der Waals surface area contributed by atoms with Gasteiger partial charge in [-0.25, -0.2) is 4.68 Å². The van der Waals surface area contributed by atoms with Crippen LogP contribution in [-0.4, -0.2) is 39.2 Å². The number of benzene rings is 2. The molecule has 2 aromatic carbocycles. The van der Waals surface area contributed by atoms with Gasteiger partial charge in [-0.3, -0.25) is 4.79 Å². The number of hydrogen-bond acceptors (Lipinski definition) is 3. The summed E-state index contributed by atoms with van der Waals surface area (Å²) in [6, 6.07) is 20.1. The van der Waals surface area contributed by atoms with Crippen LogP contribution >= 0.6 is 0 Å². The standard InChI is InChI=1S/C22H24N4O/c1-16-14-19(23)11-13-25(16)22(27)18-8-5-9-20(15-18)26-21(10-12-24-26)17-6-3-2-4-7-17/h2-10,12,15-16,19H,11,13-14,23H2,1H3/t16-,19+/m0/s1. The van der Waals surface area contributed by atoms with Crippen LogP contribution in [0.15, 0.2) is 66.9 Å². The van der Waals surface area contributed by atoms with Crippen molar-refractivity contribution in [2.24, 2.45) is 5.73 Å². The van der Waals surface area contributed by atoms with E-state index in [1.54, 1.807) is 6.20 Å². The molecule has 27 heavy (non-hydrogen) atoms. The van der Waals surface area contributed by atoms with Gasteiger partial charge in [-0.05, 0) is 44.0 Å². The van der Waals surface area contributed by atoms with E-state index in [1.807, 2.05) is 58.1 Å². The Morgan fingerprint density at radius 3 is 2.70 bits per heavy atom. The van der Waals surface area contributed by atoms with E-state index < -0.39 is 0 Å². The number of amides is 1. The molecule has 0 aliphatic carbocycles. The molecular formula is C22H24N4O. The Morgan fingerprint density at radius 2 is 1.93 bits per heavy atom. The number of rotatable bonds is 3. The fourth-order valence-electron chi connectivity index (χ4n) is 3.78. The summed E-state index contributed by atoms with van der Waals surface area (Å²) in [5.41, 5.74) is 9.69. The maximum absolute atomic E-state index is 13.0. The van der Waals surface area contributed by atoms with Gasteiger partial charge >= 0.3 is 0 Å². The Morgan fingerprint density at radius 1 is 1.11 bits per heavy atom. The van der Waals surface area contributed by atoms with Gasteiger partial charge in [0, 0.05) is 29.8 Å². The fraction of sp³-hybridized carbons (Fsp3) is 0.273. The highest BCUT2D eigenvalue weighted by molar-refractivity contribution is 5.95. The predicted octanol–water partition coefficient (Wildman–Crippen LogP) is 3.49. The van der Waals surface area contributed by atoms with Crippen molar-refractivity contribution in [2.75, 3.05) is 6.54 Å². The average molecular weight is 360 g/mol. The number of nitrogens with two attached hydrogens (primary N) is 1. The minimum atomic E-state index is 0.0599. The molecule has 1 amide bonds. The van der Waals surface area contributed by atoms with Crippen LogP contribution in [0.3, 0.4) is 0 Å². The Balaban J connectivity index is 1.65. The molecule has 0 bridgehead atoms. The minimum absolute atomic E-state index is 0.0599. The smallest absolute Gasteiger partial charge is 0.254 e. The van der Waals surface area contributed by atoms with E-state index in [1.165, 1.54) is 0 Å². The zero-order chi connectivity index (χ0) is 18.8. The van der Waals surface area contributed by atoms with Gasteiger partial charge in [0.05, 0.1) is 17.6 Å². The van der Waals surface area contributed by atoms with Crippen molar-refractivity contribution in [1.29, 1.82) is 0 Å². The summed E-state index contributed by atoms with van der Waals surface area (Å²) >= 11 is 0. The van der Waals surface area contributed by atoms with Crippen LogP contribution < -0.4 is 5.73 Å². The summed E-state index contributed by atoms with van der Waals surface area (Å²) in [6.45, 7) is 2.78. The van der Waals surface area contributed by atoms with Gasteiger partial charge in [0.25, 0.3) is 5.91 Å². The van der Waals surface area contributed by atoms with Crippen LogP contribution in [0.1, 0.15) is 30.1 Å². The van der Waals surface area contributed by atoms with Crippen molar-refractivity contribution in [3.8, 4) is 16.9 Å². The molecule has 2 N–H and O–H groups in total. The molecule has 1 aliphatic heterocycles. The largest absolute Gasteiger partial charge is 0.336 e. The lowest BCUT2D eigenvalue weighted by Crippen LogP contribution is -2.48. The number of piperidine rings is 1. The van der Waals surface area contributed by atoms with Gasteiger partial charge in [0.2, 0.25) is 0 Å². The summed E-state index contributed by atoms with van der Waals surface area (Å²) in [5, 5.41) is 4.48. The Hall–Kier alpha value is -2.92. The zero-order valence-electron chi connectivity index (χ0n) is 15.5. The predicted molar refractivity (Wildman–Crippen MR) is 107 cm³/mol. The van der Waals surface area contributed by atoms with Gasteiger partial charge in [-0.2, -0.15) is 5.10 Å². The van der Waals surface area contributed by atoms with E-state index in [-0.39, 0.29) is 18.0 Å². The normalized spacial score (nSPS) is 19.9. The lowest BCUT2D eigenvalue weighted by atomic mass is 9.98. The van der Waals surface area contributed by atoms with E-state index in [2.05, 4.69) is 24.2 Å². The molecule has 1 saturated heterocycles. The highest BCUT2D eigenvalue weighted by Crippen LogP contribution is 2.24. The van der Waals surface area contributed by atoms with Crippen LogP contribution in [0.25, 0.3) is 16.9 Å². The van der Waals surface area contributed by atoms with Crippen molar-refractivity contribution in [2.45, 2.75) is 31.8 Å². The first kappa shape index (κ1) is 17.5. The Kier molecular flexibility index (Phi) is 4.77. The number of likely N-dealkylation sites (tertiary alicyclic amines) is 1. The summed E-state index contributed by atoms with van der Waals surface area (Å²) in [4.78, 5) is 15.0. The minimum Gasteiger partial charge on any atom is -0.336 e. The first-order chi connectivity index (χ1) is 13.1. The topological polar surface area (TPSA) is 64.2 Å². The highest BCUT2D eigenvalue weighted by atomic mass is 16.2. The van der Waals surface area contributed by atoms with Gasteiger partial charge < -0.3 is 10.6 Å². The van der Waals surface area contributed by atoms with Crippen molar-refractivity contribution in [1.82, 2.24) is 14.7 Å². The molecule has 4 rings (SSSR count). The van der Waals surface area contributed by atoms with Crippen LogP contribution in [-0.2, 0) is 0 Å². The molecule has 2 atom stereocenters. The van der Waals surface area contributed by atoms with Gasteiger partial charge in [-0.1, -0.05) is 36.4 Å². The fourth-order valence-corrected chi connectivity index (χ4v) is 3.78. The van der Waals surface area contributed by atoms with Crippen LogP contribution in [0.4, 0.5) is 0 Å². The summed E-state index contributed by atoms with van der Waals surface area (Å²) in [5.74, 6) is 0.0599. The van der Waals surface area contributed by atoms with Crippen molar-refractivity contribution in [3.63, 3.8) is 0 Å². The molecule has 1 aliphatic rings. The summed E-state index contributed by atoms with van der Waals surface area (Å²) < 4.78 is 1.88. The Labute approximate surface area is 159 Å². The maximum Gasteiger partial charge on any atom is 0.254 e. The second-order valence-electron chi connectivity index (χ2n) is 7.18. The van der Waals surface area contributed by atoms with E-state index in [0.717, 1.165) is 29.8 Å². The molecule has 1 aromatic heterocycles. The molecule has 1 fully saturated rings. The SMILES string of the molecule is C[C@H]1C[C@H](N)CCN1C(=O)c1cccc(-n2nccc2-c2ccccc2)c1. The lowest BCUT2D eigenvalue weighted by Gasteiger charge is -2.36. The molecule has 5 nitrogen and oxygen atoms in total. The highest BCUT2D eigenvalue weighted by Gasteiger charge is 2.27. The van der Waals surface area contributed by atoms with E-state index in [0.29, 0.717) is 12.1 Å². The third kappa shape index (κ3) is 3.51. The van der Waals surface area contributed by atoms with Crippen molar-refractivity contribution < 1.29 is 4.79 Å². The Bertz CT molecular complexity index is 934. The molecule has 0 unspecified atom stereocenters. The molecule has 5 heteroatoms. The first-order valence-corrected chi connectivity index (χ1v) is 9.40. The van der Waals surface area contributed by atoms with Crippen LogP contribution in [0.2, 0.25) is 0 Å². The van der Waals surface area contributed by atoms with Gasteiger partial charge in [-0.15, -0.1) is 0 Å². The molecule has 0 spiro atoms. The number of carbonyl (C=O) groups is 1. The molecular weight excluding hydrogens is 336 g/mol. The summed E-state index contributed by atoms with van der Waals surface area (Å²) in [6.07, 6.45) is 3.49. The third-order valence-corrected chi connectivity index (χ3v) is 5.23. The molecule has 3 aromatic rings. The van der Waals surface area contributed by atoms with Crippen molar-refractivity contribution in [3.05, 3.63) is 72.4 Å². The molecule has 138 valence electrons. The zero-order valence-corrected chi connectivity index (χ0v) is 15.5. The molecule has 2 heterocycles. The van der Waals surface area contributed by atoms with Crippen molar-refractivity contribution >= 4 is 5.91 Å². The second kappa shape index (κ2) is 7.37. The van der Waals surface area contributed by atoms with Gasteiger partial charge in [0.15, 0.2) is 0 Å². The number of hydrogen-bond donors (Lipinski definition) is 1. The maximum atomic E-state index is 13.0. The third-order valence-electron chi connectivity index (χ3n) is 5.23. The number of nitrogens with zero attached hydrogens (tertiary/aromatic N) is 3.